The van der Waals surface area contributed by atoms with Gasteiger partial charge in [0.15, 0.2) is 0 Å². The Balaban J connectivity index is 3.04. The molecule has 2 nitrogen and oxygen atoms in total. The highest BCUT2D eigenvalue weighted by Gasteiger charge is 1.98. The van der Waals surface area contributed by atoms with Gasteiger partial charge in [-0.1, -0.05) is 6.92 Å². The van der Waals surface area contributed by atoms with Gasteiger partial charge in [-0.3, -0.25) is 0 Å². The van der Waals surface area contributed by atoms with Crippen molar-refractivity contribution in [1.82, 2.24) is 9.46 Å². The molecule has 0 saturated heterocycles. The minimum Gasteiger partial charge on any atom is -0.391 e. The van der Waals surface area contributed by atoms with Crippen LogP contribution in [0.5, 0.6) is 0 Å². The third kappa shape index (κ3) is 0.993. The fourth-order valence-corrected chi connectivity index (χ4v) is 0.808. The lowest BCUT2D eigenvalue weighted by atomic mass is 10.2. The summed E-state index contributed by atoms with van der Waals surface area (Å²) in [5.74, 6) is 0. The molecule has 0 aliphatic heterocycles. The predicted molar refractivity (Wildman–Crippen MR) is 37.5 cm³/mol. The fourth-order valence-electron chi connectivity index (χ4n) is 0.808. The van der Waals surface area contributed by atoms with E-state index in [0.717, 1.165) is 17.8 Å². The normalized spacial score (nSPS) is 10.0. The summed E-state index contributed by atoms with van der Waals surface area (Å²) in [5, 5.41) is 0. The molecule has 3 heteroatoms. The van der Waals surface area contributed by atoms with Gasteiger partial charge in [-0.15, -0.1) is 0 Å². The molecule has 0 aromatic carbocycles. The first kappa shape index (κ1) is 6.40. The molecule has 1 rings (SSSR count). The van der Waals surface area contributed by atoms with Gasteiger partial charge in [0.25, 0.3) is 0 Å². The summed E-state index contributed by atoms with van der Waals surface area (Å²) >= 11 is 0. The molecule has 0 N–H and O–H groups in total. The van der Waals surface area contributed by atoms with Gasteiger partial charge in [0, 0.05) is 5.69 Å². The summed E-state index contributed by atoms with van der Waals surface area (Å²) in [5.41, 5.74) is 2.13. The largest absolute Gasteiger partial charge is 0.391 e. The Labute approximate surface area is 56.3 Å². The molecule has 0 bridgehead atoms. The number of rotatable bonds is 1. The van der Waals surface area contributed by atoms with Crippen molar-refractivity contribution in [3.05, 3.63) is 17.7 Å². The highest BCUT2D eigenvalue weighted by molar-refractivity contribution is 6.06. The molecule has 0 aliphatic carbocycles. The first-order valence-electron chi connectivity index (χ1n) is 3.03. The Kier molecular flexibility index (Phi) is 1.60. The zero-order chi connectivity index (χ0) is 6.85. The second kappa shape index (κ2) is 2.25. The third-order valence-corrected chi connectivity index (χ3v) is 1.48. The molecule has 2 radical (unpaired) electrons. The van der Waals surface area contributed by atoms with Gasteiger partial charge >= 0.3 is 0 Å². The molecule has 9 heavy (non-hydrogen) atoms. The van der Waals surface area contributed by atoms with E-state index in [1.54, 1.807) is 10.8 Å². The molecule has 1 heterocycles. The minimum absolute atomic E-state index is 0.954. The third-order valence-electron chi connectivity index (χ3n) is 1.48. The van der Waals surface area contributed by atoms with E-state index in [1.165, 1.54) is 0 Å². The molecular weight excluding hydrogens is 111 g/mol. The van der Waals surface area contributed by atoms with Crippen molar-refractivity contribution >= 4 is 7.98 Å². The van der Waals surface area contributed by atoms with Crippen LogP contribution in [0.15, 0.2) is 6.33 Å². The Morgan fingerprint density at radius 3 is 2.67 bits per heavy atom. The molecule has 0 atom stereocenters. The SMILES string of the molecule is [B]n1cnc(CC)c1C. The van der Waals surface area contributed by atoms with E-state index < -0.39 is 0 Å². The topological polar surface area (TPSA) is 17.8 Å². The van der Waals surface area contributed by atoms with Crippen molar-refractivity contribution in [3.63, 3.8) is 0 Å². The van der Waals surface area contributed by atoms with E-state index >= 15 is 0 Å². The fraction of sp³-hybridized carbons (Fsp3) is 0.500. The number of imidazole rings is 1. The number of hydrogen-bond donors (Lipinski definition) is 0. The van der Waals surface area contributed by atoms with Crippen LogP contribution in [-0.4, -0.2) is 17.4 Å². The quantitative estimate of drug-likeness (QED) is 0.498. The van der Waals surface area contributed by atoms with Gasteiger partial charge < -0.3 is 4.48 Å². The maximum atomic E-state index is 5.47. The molecule has 0 aliphatic rings. The molecule has 0 spiro atoms. The first-order chi connectivity index (χ1) is 4.25. The van der Waals surface area contributed by atoms with Crippen LogP contribution in [0.4, 0.5) is 0 Å². The van der Waals surface area contributed by atoms with E-state index in [4.69, 9.17) is 7.98 Å². The summed E-state index contributed by atoms with van der Waals surface area (Å²) < 4.78 is 1.54. The average molecular weight is 120 g/mol. The summed E-state index contributed by atoms with van der Waals surface area (Å²) in [4.78, 5) is 4.07. The second-order valence-corrected chi connectivity index (χ2v) is 2.04. The highest BCUT2D eigenvalue weighted by atomic mass is 15.0. The molecule has 0 amide bonds. The van der Waals surface area contributed by atoms with Crippen LogP contribution in [-0.2, 0) is 6.42 Å². The van der Waals surface area contributed by atoms with E-state index in [-0.39, 0.29) is 0 Å². The minimum atomic E-state index is 0.954. The highest BCUT2D eigenvalue weighted by Crippen LogP contribution is 2.02. The van der Waals surface area contributed by atoms with Crippen LogP contribution in [0.1, 0.15) is 18.3 Å². The first-order valence-corrected chi connectivity index (χ1v) is 3.03. The lowest BCUT2D eigenvalue weighted by Gasteiger charge is -1.94. The van der Waals surface area contributed by atoms with Crippen molar-refractivity contribution in [3.8, 4) is 0 Å². The molecule has 0 unspecified atom stereocenters. The second-order valence-electron chi connectivity index (χ2n) is 2.04. The van der Waals surface area contributed by atoms with Gasteiger partial charge in [0.1, 0.15) is 0 Å². The van der Waals surface area contributed by atoms with Crippen LogP contribution in [0.3, 0.4) is 0 Å². The summed E-state index contributed by atoms with van der Waals surface area (Å²) in [6.45, 7) is 4.03. The smallest absolute Gasteiger partial charge is 0.235 e. The van der Waals surface area contributed by atoms with Crippen molar-refractivity contribution in [2.75, 3.05) is 0 Å². The molecule has 1 aromatic heterocycles. The standard InChI is InChI=1S/C6H9BN2/c1-3-6-5(2)9(7)4-8-6/h4H,3H2,1-2H3. The van der Waals surface area contributed by atoms with Crippen molar-refractivity contribution in [1.29, 1.82) is 0 Å². The number of hydrogen-bond acceptors (Lipinski definition) is 1. The van der Waals surface area contributed by atoms with Crippen LogP contribution in [0.2, 0.25) is 0 Å². The van der Waals surface area contributed by atoms with Crippen molar-refractivity contribution in [2.24, 2.45) is 0 Å². The molecule has 0 fully saturated rings. The number of aromatic nitrogens is 2. The van der Waals surface area contributed by atoms with Crippen LogP contribution >= 0.6 is 0 Å². The van der Waals surface area contributed by atoms with E-state index in [1.807, 2.05) is 6.92 Å². The van der Waals surface area contributed by atoms with Gasteiger partial charge in [0.05, 0.1) is 12.0 Å². The monoisotopic (exact) mass is 120 g/mol. The van der Waals surface area contributed by atoms with E-state index in [2.05, 4.69) is 11.9 Å². The molecular formula is C6H9BN2. The Morgan fingerprint density at radius 2 is 2.44 bits per heavy atom. The van der Waals surface area contributed by atoms with Crippen molar-refractivity contribution in [2.45, 2.75) is 20.3 Å². The van der Waals surface area contributed by atoms with Gasteiger partial charge in [-0.2, -0.15) is 0 Å². The number of nitrogens with zero attached hydrogens (tertiary/aromatic N) is 2. The van der Waals surface area contributed by atoms with E-state index in [0.29, 0.717) is 0 Å². The summed E-state index contributed by atoms with van der Waals surface area (Å²) in [7, 11) is 5.47. The summed E-state index contributed by atoms with van der Waals surface area (Å²) in [6, 6.07) is 0. The average Bonchev–Trinajstić information content (AvgIpc) is 2.15. The van der Waals surface area contributed by atoms with Crippen LogP contribution in [0, 0.1) is 6.92 Å². The predicted octanol–water partition coefficient (Wildman–Crippen LogP) is 0.686. The van der Waals surface area contributed by atoms with Crippen LogP contribution < -0.4 is 0 Å². The van der Waals surface area contributed by atoms with Crippen LogP contribution in [0.25, 0.3) is 0 Å². The lowest BCUT2D eigenvalue weighted by Crippen LogP contribution is -1.92. The van der Waals surface area contributed by atoms with Crippen molar-refractivity contribution < 1.29 is 0 Å². The molecule has 46 valence electrons. The van der Waals surface area contributed by atoms with Gasteiger partial charge in [-0.05, 0) is 13.3 Å². The zero-order valence-corrected chi connectivity index (χ0v) is 5.76. The Morgan fingerprint density at radius 1 is 1.78 bits per heavy atom. The van der Waals surface area contributed by atoms with Gasteiger partial charge in [0.2, 0.25) is 7.98 Å². The molecule has 0 saturated carbocycles. The molecule has 1 aromatic rings. The maximum Gasteiger partial charge on any atom is 0.235 e. The van der Waals surface area contributed by atoms with Gasteiger partial charge in [-0.25, -0.2) is 4.98 Å². The lowest BCUT2D eigenvalue weighted by molar-refractivity contribution is 1.03. The zero-order valence-electron chi connectivity index (χ0n) is 5.76. The van der Waals surface area contributed by atoms with E-state index in [9.17, 15) is 0 Å². The Bertz CT molecular complexity index is 205. The summed E-state index contributed by atoms with van der Waals surface area (Å²) in [6.07, 6.45) is 2.59. The number of aryl methyl sites for hydroxylation is 1. The maximum absolute atomic E-state index is 5.47. The Hall–Kier alpha value is -0.725.